The van der Waals surface area contributed by atoms with Crippen LogP contribution in [0.1, 0.15) is 12.0 Å². The minimum Gasteiger partial charge on any atom is -0.379 e. The van der Waals surface area contributed by atoms with Crippen LogP contribution in [0.4, 0.5) is 0 Å². The van der Waals surface area contributed by atoms with Crippen molar-refractivity contribution in [3.05, 3.63) is 36.0 Å². The number of amides is 1. The van der Waals surface area contributed by atoms with Crippen molar-refractivity contribution in [1.29, 1.82) is 0 Å². The quantitative estimate of drug-likeness (QED) is 0.807. The summed E-state index contributed by atoms with van der Waals surface area (Å²) in [6.45, 7) is 1.91. The Balaban J connectivity index is 1.50. The first-order valence-corrected chi connectivity index (χ1v) is 9.54. The molecule has 0 atom stereocenters. The molecule has 7 nitrogen and oxygen atoms in total. The molecule has 0 aliphatic carbocycles. The number of para-hydroxylation sites is 1. The Morgan fingerprint density at radius 2 is 2.00 bits per heavy atom. The lowest BCUT2D eigenvalue weighted by molar-refractivity contribution is -0.120. The van der Waals surface area contributed by atoms with E-state index >= 15 is 0 Å². The smallest absolute Gasteiger partial charge is 0.221 e. The molecule has 0 radical (unpaired) electrons. The maximum atomic E-state index is 12.2. The van der Waals surface area contributed by atoms with Gasteiger partial charge in [-0.1, -0.05) is 18.2 Å². The van der Waals surface area contributed by atoms with Gasteiger partial charge in [0, 0.05) is 43.2 Å². The van der Waals surface area contributed by atoms with E-state index in [4.69, 9.17) is 4.74 Å². The zero-order chi connectivity index (χ0) is 17.0. The lowest BCUT2D eigenvalue weighted by Gasteiger charge is -2.25. The third-order valence-corrected chi connectivity index (χ3v) is 5.97. The van der Waals surface area contributed by atoms with Crippen molar-refractivity contribution >= 4 is 26.8 Å². The topological polar surface area (TPSA) is 91.5 Å². The van der Waals surface area contributed by atoms with E-state index in [1.165, 1.54) is 4.31 Å². The molecule has 2 heterocycles. The van der Waals surface area contributed by atoms with Crippen LogP contribution in [0.25, 0.3) is 10.9 Å². The fraction of sp³-hybridized carbons (Fsp3) is 0.438. The molecule has 1 aliphatic heterocycles. The van der Waals surface area contributed by atoms with E-state index in [-0.39, 0.29) is 18.1 Å². The predicted molar refractivity (Wildman–Crippen MR) is 90.9 cm³/mol. The molecule has 1 aliphatic rings. The first-order valence-electron chi connectivity index (χ1n) is 7.93. The summed E-state index contributed by atoms with van der Waals surface area (Å²) in [6, 6.07) is 7.83. The number of benzene rings is 1. The van der Waals surface area contributed by atoms with E-state index in [1.54, 1.807) is 0 Å². The van der Waals surface area contributed by atoms with Crippen molar-refractivity contribution in [2.75, 3.05) is 32.1 Å². The standard InChI is InChI=1S/C16H21N3O4S/c20-16(5-10-24(21,22)19-6-8-23-9-7-19)18-12-13-11-17-15-4-2-1-3-14(13)15/h1-4,11,17H,5-10,12H2,(H,18,20). The Hall–Kier alpha value is -1.90. The van der Waals surface area contributed by atoms with Gasteiger partial charge >= 0.3 is 0 Å². The van der Waals surface area contributed by atoms with Gasteiger partial charge < -0.3 is 15.0 Å². The molecular weight excluding hydrogens is 330 g/mol. The summed E-state index contributed by atoms with van der Waals surface area (Å²) < 4.78 is 30.9. The zero-order valence-corrected chi connectivity index (χ0v) is 14.1. The summed E-state index contributed by atoms with van der Waals surface area (Å²) in [5.41, 5.74) is 1.99. The fourth-order valence-corrected chi connectivity index (χ4v) is 4.14. The van der Waals surface area contributed by atoms with Gasteiger partial charge in [0.2, 0.25) is 15.9 Å². The second-order valence-electron chi connectivity index (χ2n) is 5.71. The van der Waals surface area contributed by atoms with Crippen LogP contribution in [-0.4, -0.2) is 55.7 Å². The summed E-state index contributed by atoms with van der Waals surface area (Å²) in [7, 11) is -3.40. The third-order valence-electron chi connectivity index (χ3n) is 4.10. The summed E-state index contributed by atoms with van der Waals surface area (Å²) in [5.74, 6) is -0.440. The van der Waals surface area contributed by atoms with Crippen LogP contribution in [0.3, 0.4) is 0 Å². The second-order valence-corrected chi connectivity index (χ2v) is 7.80. The van der Waals surface area contributed by atoms with Crippen molar-refractivity contribution in [1.82, 2.24) is 14.6 Å². The van der Waals surface area contributed by atoms with Gasteiger partial charge in [0.05, 0.1) is 19.0 Å². The molecule has 24 heavy (non-hydrogen) atoms. The van der Waals surface area contributed by atoms with E-state index in [1.807, 2.05) is 30.5 Å². The molecule has 1 aromatic carbocycles. The number of rotatable bonds is 6. The highest BCUT2D eigenvalue weighted by atomic mass is 32.2. The van der Waals surface area contributed by atoms with E-state index in [2.05, 4.69) is 10.3 Å². The number of carbonyl (C=O) groups excluding carboxylic acids is 1. The number of sulfonamides is 1. The Bertz CT molecular complexity index is 810. The number of fused-ring (bicyclic) bond motifs is 1. The highest BCUT2D eigenvalue weighted by Crippen LogP contribution is 2.17. The van der Waals surface area contributed by atoms with Crippen LogP contribution in [0, 0.1) is 0 Å². The van der Waals surface area contributed by atoms with Crippen LogP contribution in [0.2, 0.25) is 0 Å². The number of nitrogens with zero attached hydrogens (tertiary/aromatic N) is 1. The summed E-state index contributed by atoms with van der Waals surface area (Å²) >= 11 is 0. The molecule has 0 spiro atoms. The van der Waals surface area contributed by atoms with E-state index in [0.29, 0.717) is 32.8 Å². The lowest BCUT2D eigenvalue weighted by Crippen LogP contribution is -2.42. The van der Waals surface area contributed by atoms with Crippen molar-refractivity contribution in [2.45, 2.75) is 13.0 Å². The van der Waals surface area contributed by atoms with E-state index in [9.17, 15) is 13.2 Å². The van der Waals surface area contributed by atoms with Crippen LogP contribution in [0.15, 0.2) is 30.5 Å². The number of aromatic nitrogens is 1. The van der Waals surface area contributed by atoms with Gasteiger partial charge in [0.25, 0.3) is 0 Å². The number of ether oxygens (including phenoxy) is 1. The maximum absolute atomic E-state index is 12.2. The number of H-pyrrole nitrogens is 1. The number of hydrogen-bond acceptors (Lipinski definition) is 4. The minimum absolute atomic E-state index is 0.0396. The molecule has 130 valence electrons. The van der Waals surface area contributed by atoms with Crippen molar-refractivity contribution in [3.63, 3.8) is 0 Å². The van der Waals surface area contributed by atoms with Gasteiger partial charge in [-0.15, -0.1) is 0 Å². The number of hydrogen-bond donors (Lipinski definition) is 2. The highest BCUT2D eigenvalue weighted by molar-refractivity contribution is 7.89. The van der Waals surface area contributed by atoms with Gasteiger partial charge in [-0.05, 0) is 11.6 Å². The van der Waals surface area contributed by atoms with Crippen LogP contribution in [-0.2, 0) is 26.1 Å². The predicted octanol–water partition coefficient (Wildman–Crippen LogP) is 0.836. The molecule has 1 aromatic heterocycles. The normalized spacial score (nSPS) is 16.3. The molecule has 1 amide bonds. The summed E-state index contributed by atoms with van der Waals surface area (Å²) in [5, 5.41) is 3.84. The van der Waals surface area contributed by atoms with Crippen molar-refractivity contribution in [3.8, 4) is 0 Å². The molecule has 0 unspecified atom stereocenters. The van der Waals surface area contributed by atoms with Gasteiger partial charge in [0.15, 0.2) is 0 Å². The molecule has 2 N–H and O–H groups in total. The second kappa shape index (κ2) is 7.33. The monoisotopic (exact) mass is 351 g/mol. The van der Waals surface area contributed by atoms with E-state index < -0.39 is 10.0 Å². The Morgan fingerprint density at radius 1 is 1.25 bits per heavy atom. The van der Waals surface area contributed by atoms with Crippen LogP contribution < -0.4 is 5.32 Å². The number of aromatic amines is 1. The largest absolute Gasteiger partial charge is 0.379 e. The average molecular weight is 351 g/mol. The fourth-order valence-electron chi connectivity index (χ4n) is 2.74. The number of morpholine rings is 1. The molecule has 8 heteroatoms. The Labute approximate surface area is 141 Å². The molecule has 3 rings (SSSR count). The van der Waals surface area contributed by atoms with Crippen LogP contribution >= 0.6 is 0 Å². The SMILES string of the molecule is O=C(CCS(=O)(=O)N1CCOCC1)NCc1c[nH]c2ccccc12. The highest BCUT2D eigenvalue weighted by Gasteiger charge is 2.24. The minimum atomic E-state index is -3.40. The number of nitrogens with one attached hydrogen (secondary N) is 2. The first-order chi connectivity index (χ1) is 11.6. The number of carbonyl (C=O) groups is 1. The van der Waals surface area contributed by atoms with Crippen molar-refractivity contribution < 1.29 is 17.9 Å². The van der Waals surface area contributed by atoms with Gasteiger partial charge in [-0.25, -0.2) is 8.42 Å². The lowest BCUT2D eigenvalue weighted by atomic mass is 10.2. The average Bonchev–Trinajstić information content (AvgIpc) is 3.02. The van der Waals surface area contributed by atoms with Gasteiger partial charge in [0.1, 0.15) is 0 Å². The van der Waals surface area contributed by atoms with Gasteiger partial charge in [-0.3, -0.25) is 4.79 Å². The molecule has 0 bridgehead atoms. The maximum Gasteiger partial charge on any atom is 0.221 e. The van der Waals surface area contributed by atoms with E-state index in [0.717, 1.165) is 16.5 Å². The molecule has 1 fully saturated rings. The van der Waals surface area contributed by atoms with Crippen molar-refractivity contribution in [2.24, 2.45) is 0 Å². The van der Waals surface area contributed by atoms with Gasteiger partial charge in [-0.2, -0.15) is 4.31 Å². The molecule has 0 saturated carbocycles. The zero-order valence-electron chi connectivity index (χ0n) is 13.3. The third kappa shape index (κ3) is 3.95. The van der Waals surface area contributed by atoms with Crippen LogP contribution in [0.5, 0.6) is 0 Å². The summed E-state index contributed by atoms with van der Waals surface area (Å²) in [6.07, 6.45) is 1.82. The molecular formula is C16H21N3O4S. The Morgan fingerprint density at radius 3 is 2.79 bits per heavy atom. The first kappa shape index (κ1) is 16.9. The summed E-state index contributed by atoms with van der Waals surface area (Å²) in [4.78, 5) is 15.1. The molecule has 1 saturated heterocycles. The molecule has 2 aromatic rings. The Kier molecular flexibility index (Phi) is 5.17.